The fourth-order valence-corrected chi connectivity index (χ4v) is 2.43. The Hall–Kier alpha value is -3.94. The van der Waals surface area contributed by atoms with Crippen LogP contribution in [0.15, 0.2) is 36.7 Å². The van der Waals surface area contributed by atoms with Gasteiger partial charge in [-0.25, -0.2) is 9.97 Å². The summed E-state index contributed by atoms with van der Waals surface area (Å²) in [6.07, 6.45) is -0.835. The fraction of sp³-hybridized carbons (Fsp3) is 0.316. The summed E-state index contributed by atoms with van der Waals surface area (Å²) in [6, 6.07) is 6.55. The van der Waals surface area contributed by atoms with Crippen molar-refractivity contribution < 1.29 is 17.9 Å². The Morgan fingerprint density at radius 3 is 2.27 bits per heavy atom. The molecule has 0 atom stereocenters. The van der Waals surface area contributed by atoms with Crippen LogP contribution in [0.3, 0.4) is 0 Å². The second-order valence-corrected chi connectivity index (χ2v) is 6.75. The Bertz CT molecular complexity index is 1020. The summed E-state index contributed by atoms with van der Waals surface area (Å²) in [4.78, 5) is 20.2. The molecule has 3 aromatic rings. The number of ether oxygens (including phenoxy) is 1. The zero-order valence-corrected chi connectivity index (χ0v) is 17.4. The van der Waals surface area contributed by atoms with E-state index in [0.29, 0.717) is 37.0 Å². The Balaban J connectivity index is 1.72. The van der Waals surface area contributed by atoms with Gasteiger partial charge in [-0.2, -0.15) is 28.1 Å². The van der Waals surface area contributed by atoms with Gasteiger partial charge in [-0.05, 0) is 30.7 Å². The summed E-state index contributed by atoms with van der Waals surface area (Å²) in [5.74, 6) is 0.376. The first-order valence-electron chi connectivity index (χ1n) is 9.87. The molecule has 0 aliphatic rings. The van der Waals surface area contributed by atoms with Crippen LogP contribution in [0.5, 0.6) is 6.01 Å². The predicted octanol–water partition coefficient (Wildman–Crippen LogP) is 2.30. The van der Waals surface area contributed by atoms with Gasteiger partial charge < -0.3 is 32.2 Å². The van der Waals surface area contributed by atoms with Gasteiger partial charge in [0.15, 0.2) is 6.61 Å². The molecule has 11 nitrogen and oxygen atoms in total. The molecule has 0 radical (unpaired) electrons. The predicted molar refractivity (Wildman–Crippen MR) is 117 cm³/mol. The highest BCUT2D eigenvalue weighted by atomic mass is 19.4. The molecule has 33 heavy (non-hydrogen) atoms. The highest BCUT2D eigenvalue weighted by Gasteiger charge is 2.29. The molecule has 14 heteroatoms. The van der Waals surface area contributed by atoms with Crippen molar-refractivity contribution in [3.8, 4) is 6.01 Å². The first kappa shape index (κ1) is 23.7. The average molecular weight is 464 g/mol. The minimum atomic E-state index is -4.54. The summed E-state index contributed by atoms with van der Waals surface area (Å²) in [7, 11) is 0. The molecule has 0 fully saturated rings. The van der Waals surface area contributed by atoms with E-state index in [2.05, 4.69) is 40.9 Å². The van der Waals surface area contributed by atoms with Gasteiger partial charge in [0.05, 0.1) is 18.1 Å². The maximum atomic E-state index is 12.6. The molecular weight excluding hydrogens is 441 g/mol. The van der Waals surface area contributed by atoms with Crippen LogP contribution in [0.25, 0.3) is 0 Å². The number of hydrogen-bond donors (Lipinski definition) is 5. The number of anilines is 5. The molecule has 176 valence electrons. The molecule has 2 aromatic heterocycles. The molecule has 0 amide bonds. The van der Waals surface area contributed by atoms with E-state index in [4.69, 9.17) is 16.2 Å². The molecule has 0 spiro atoms. The maximum absolute atomic E-state index is 12.6. The number of nitrogens with zero attached hydrogens (tertiary/aromatic N) is 5. The number of hydrogen-bond acceptors (Lipinski definition) is 11. The summed E-state index contributed by atoms with van der Waals surface area (Å²) in [6.45, 7) is -0.0754. The Morgan fingerprint density at radius 1 is 0.909 bits per heavy atom. The number of nitrogens with one attached hydrogen (secondary N) is 3. The van der Waals surface area contributed by atoms with Gasteiger partial charge >= 0.3 is 12.2 Å². The third-order valence-electron chi connectivity index (χ3n) is 3.98. The average Bonchev–Trinajstić information content (AvgIpc) is 2.78. The van der Waals surface area contributed by atoms with Crippen molar-refractivity contribution in [3.63, 3.8) is 0 Å². The van der Waals surface area contributed by atoms with Gasteiger partial charge in [-0.1, -0.05) is 12.1 Å². The molecule has 0 bridgehead atoms. The van der Waals surface area contributed by atoms with Crippen LogP contribution in [0.4, 0.5) is 42.4 Å². The van der Waals surface area contributed by atoms with Gasteiger partial charge in [-0.3, -0.25) is 0 Å². The van der Waals surface area contributed by atoms with E-state index < -0.39 is 18.8 Å². The lowest BCUT2D eigenvalue weighted by Gasteiger charge is -2.12. The molecule has 0 saturated carbocycles. The lowest BCUT2D eigenvalue weighted by atomic mass is 10.2. The molecule has 3 rings (SSSR count). The van der Waals surface area contributed by atoms with Gasteiger partial charge in [0.2, 0.25) is 17.8 Å². The number of nitrogen functional groups attached to an aromatic ring is 1. The molecule has 0 unspecified atom stereocenters. The second-order valence-electron chi connectivity index (χ2n) is 6.75. The number of rotatable bonds is 11. The van der Waals surface area contributed by atoms with Crippen molar-refractivity contribution >= 4 is 29.2 Å². The van der Waals surface area contributed by atoms with Crippen LogP contribution in [0.1, 0.15) is 12.0 Å². The molecule has 0 saturated heterocycles. The molecule has 1 aromatic carbocycles. The van der Waals surface area contributed by atoms with Crippen molar-refractivity contribution in [2.24, 2.45) is 5.73 Å². The van der Waals surface area contributed by atoms with E-state index in [1.165, 1.54) is 12.4 Å². The van der Waals surface area contributed by atoms with Gasteiger partial charge in [-0.15, -0.1) is 0 Å². The number of halogens is 3. The van der Waals surface area contributed by atoms with Crippen LogP contribution in [-0.4, -0.2) is 50.8 Å². The number of benzene rings is 1. The maximum Gasteiger partial charge on any atom is 0.422 e. The van der Waals surface area contributed by atoms with E-state index in [1.54, 1.807) is 24.3 Å². The molecule has 0 aliphatic heterocycles. The van der Waals surface area contributed by atoms with Crippen LogP contribution in [-0.2, 0) is 6.54 Å². The minimum absolute atomic E-state index is 0.0162. The van der Waals surface area contributed by atoms with Crippen LogP contribution >= 0.6 is 0 Å². The van der Waals surface area contributed by atoms with Crippen LogP contribution < -0.4 is 32.2 Å². The first-order chi connectivity index (χ1) is 15.8. The highest BCUT2D eigenvalue weighted by molar-refractivity contribution is 5.53. The fourth-order valence-electron chi connectivity index (χ4n) is 2.43. The standard InChI is InChI=1S/C19H23F3N10O/c20-19(21,22)11-33-18-31-16(26-8-12-2-4-13(24)5-3-12)30-17(32-18)29-14-9-27-15(28-10-14)25-7-1-6-23/h2-5,9-10H,1,6-8,11,23-24H2,(H,25,27,28)(H2,26,29,30,31,32). The third-order valence-corrected chi connectivity index (χ3v) is 3.98. The van der Waals surface area contributed by atoms with Gasteiger partial charge in [0.1, 0.15) is 0 Å². The third kappa shape index (κ3) is 8.25. The normalized spacial score (nSPS) is 11.2. The van der Waals surface area contributed by atoms with Crippen LogP contribution in [0.2, 0.25) is 0 Å². The van der Waals surface area contributed by atoms with E-state index in [0.717, 1.165) is 12.0 Å². The van der Waals surface area contributed by atoms with Gasteiger partial charge in [0.25, 0.3) is 0 Å². The molecule has 2 heterocycles. The second kappa shape index (κ2) is 11.1. The number of nitrogens with two attached hydrogens (primary N) is 2. The molecule has 7 N–H and O–H groups in total. The van der Waals surface area contributed by atoms with E-state index in [9.17, 15) is 13.2 Å². The quantitative estimate of drug-likeness (QED) is 0.209. The minimum Gasteiger partial charge on any atom is -0.454 e. The van der Waals surface area contributed by atoms with Gasteiger partial charge in [0, 0.05) is 18.8 Å². The summed E-state index contributed by atoms with van der Waals surface area (Å²) >= 11 is 0. The van der Waals surface area contributed by atoms with E-state index in [1.807, 2.05) is 0 Å². The van der Waals surface area contributed by atoms with Crippen molar-refractivity contribution in [1.82, 2.24) is 24.9 Å². The lowest BCUT2D eigenvalue weighted by molar-refractivity contribution is -0.154. The van der Waals surface area contributed by atoms with Crippen molar-refractivity contribution in [2.75, 3.05) is 41.4 Å². The number of alkyl halides is 3. The van der Waals surface area contributed by atoms with E-state index >= 15 is 0 Å². The zero-order chi connectivity index (χ0) is 23.7. The zero-order valence-electron chi connectivity index (χ0n) is 17.4. The Labute approximate surface area is 187 Å². The van der Waals surface area contributed by atoms with Crippen molar-refractivity contribution in [1.29, 1.82) is 0 Å². The SMILES string of the molecule is NCCCNc1ncc(Nc2nc(NCc3ccc(N)cc3)nc(OCC(F)(F)F)n2)cn1. The smallest absolute Gasteiger partial charge is 0.422 e. The lowest BCUT2D eigenvalue weighted by Crippen LogP contribution is -2.21. The monoisotopic (exact) mass is 464 g/mol. The molecular formula is C19H23F3N10O. The Morgan fingerprint density at radius 2 is 1.61 bits per heavy atom. The topological polar surface area (TPSA) is 162 Å². The number of aromatic nitrogens is 5. The summed E-state index contributed by atoms with van der Waals surface area (Å²) in [5, 5.41) is 8.76. The van der Waals surface area contributed by atoms with Crippen molar-refractivity contribution in [2.45, 2.75) is 19.1 Å². The van der Waals surface area contributed by atoms with Crippen molar-refractivity contribution in [3.05, 3.63) is 42.2 Å². The van der Waals surface area contributed by atoms with E-state index in [-0.39, 0.29) is 11.9 Å². The summed E-state index contributed by atoms with van der Waals surface area (Å²) < 4.78 is 42.4. The van der Waals surface area contributed by atoms with Crippen LogP contribution in [0, 0.1) is 0 Å². The first-order valence-corrected chi connectivity index (χ1v) is 9.87. The highest BCUT2D eigenvalue weighted by Crippen LogP contribution is 2.20. The summed E-state index contributed by atoms with van der Waals surface area (Å²) in [5.41, 5.74) is 13.0. The largest absolute Gasteiger partial charge is 0.454 e. The Kier molecular flexibility index (Phi) is 7.96. The molecule has 0 aliphatic carbocycles.